The molecule has 1 aromatic heterocycles. The van der Waals surface area contributed by atoms with E-state index in [2.05, 4.69) is 9.72 Å². The Hall–Kier alpha value is -1.97. The summed E-state index contributed by atoms with van der Waals surface area (Å²) in [4.78, 5) is 13.9. The van der Waals surface area contributed by atoms with Crippen LogP contribution < -0.4 is 4.74 Å². The molecular weight excluding hydrogens is 182 g/mol. The Morgan fingerprint density at radius 3 is 3.00 bits per heavy atom. The number of methoxy groups -OCH3 is 1. The topological polar surface area (TPSA) is 51.3 Å². The van der Waals surface area contributed by atoms with Crippen LogP contribution in [0.4, 0.5) is 4.79 Å². The van der Waals surface area contributed by atoms with E-state index >= 15 is 0 Å². The Morgan fingerprint density at radius 1 is 1.36 bits per heavy atom. The molecule has 4 heteroatoms. The lowest BCUT2D eigenvalue weighted by Gasteiger charge is -2.02. The molecule has 0 bridgehead atoms. The molecule has 72 valence electrons. The van der Waals surface area contributed by atoms with E-state index in [0.29, 0.717) is 5.75 Å². The van der Waals surface area contributed by atoms with E-state index in [1.54, 1.807) is 12.3 Å². The number of para-hydroxylation sites is 1. The Kier molecular flexibility index (Phi) is 2.10. The SMILES string of the molecule is COC(=O)Oc1cccc2cc[nH]c12. The maximum absolute atomic E-state index is 10.9. The lowest BCUT2D eigenvalue weighted by Crippen LogP contribution is -2.07. The van der Waals surface area contributed by atoms with Crippen LogP contribution in [-0.4, -0.2) is 18.2 Å². The smallest absolute Gasteiger partial charge is 0.437 e. The van der Waals surface area contributed by atoms with Crippen LogP contribution in [0, 0.1) is 0 Å². The lowest BCUT2D eigenvalue weighted by atomic mass is 10.2. The van der Waals surface area contributed by atoms with Crippen molar-refractivity contribution in [2.24, 2.45) is 0 Å². The highest BCUT2D eigenvalue weighted by Crippen LogP contribution is 2.23. The van der Waals surface area contributed by atoms with Gasteiger partial charge >= 0.3 is 6.16 Å². The first-order valence-corrected chi connectivity index (χ1v) is 4.13. The first kappa shape index (κ1) is 8.62. The highest BCUT2D eigenvalue weighted by Gasteiger charge is 2.07. The fraction of sp³-hybridized carbons (Fsp3) is 0.100. The third-order valence-corrected chi connectivity index (χ3v) is 1.91. The number of hydrogen-bond donors (Lipinski definition) is 1. The van der Waals surface area contributed by atoms with Gasteiger partial charge in [0.2, 0.25) is 0 Å². The predicted octanol–water partition coefficient (Wildman–Crippen LogP) is 2.31. The normalized spacial score (nSPS) is 10.1. The third kappa shape index (κ3) is 1.42. The number of benzene rings is 1. The fourth-order valence-electron chi connectivity index (χ4n) is 1.27. The van der Waals surface area contributed by atoms with Gasteiger partial charge in [0.05, 0.1) is 12.6 Å². The number of rotatable bonds is 1. The predicted molar refractivity (Wildman–Crippen MR) is 51.3 cm³/mol. The maximum atomic E-state index is 10.9. The van der Waals surface area contributed by atoms with Crippen molar-refractivity contribution in [3.05, 3.63) is 30.5 Å². The van der Waals surface area contributed by atoms with Gasteiger partial charge in [-0.15, -0.1) is 0 Å². The third-order valence-electron chi connectivity index (χ3n) is 1.91. The fourth-order valence-corrected chi connectivity index (χ4v) is 1.27. The van der Waals surface area contributed by atoms with Gasteiger partial charge in [-0.05, 0) is 12.1 Å². The minimum atomic E-state index is -0.716. The molecule has 14 heavy (non-hydrogen) atoms. The van der Waals surface area contributed by atoms with Crippen molar-refractivity contribution in [1.29, 1.82) is 0 Å². The minimum Gasteiger partial charge on any atom is -0.437 e. The Morgan fingerprint density at radius 2 is 2.21 bits per heavy atom. The summed E-state index contributed by atoms with van der Waals surface area (Å²) < 4.78 is 9.35. The van der Waals surface area contributed by atoms with Gasteiger partial charge in [-0.25, -0.2) is 4.79 Å². The number of hydrogen-bond acceptors (Lipinski definition) is 3. The molecule has 0 aliphatic rings. The molecule has 1 N–H and O–H groups in total. The van der Waals surface area contributed by atoms with E-state index in [0.717, 1.165) is 10.9 Å². The Balaban J connectivity index is 2.41. The number of aromatic amines is 1. The second kappa shape index (κ2) is 3.41. The average Bonchev–Trinajstić information content (AvgIpc) is 2.66. The minimum absolute atomic E-state index is 0.472. The van der Waals surface area contributed by atoms with Gasteiger partial charge < -0.3 is 14.5 Å². The molecule has 0 unspecified atom stereocenters. The molecule has 2 aromatic rings. The summed E-state index contributed by atoms with van der Waals surface area (Å²) in [6, 6.07) is 7.35. The number of fused-ring (bicyclic) bond motifs is 1. The largest absolute Gasteiger partial charge is 0.513 e. The van der Waals surface area contributed by atoms with Crippen molar-refractivity contribution in [2.75, 3.05) is 7.11 Å². The highest BCUT2D eigenvalue weighted by molar-refractivity contribution is 5.86. The standard InChI is InChI=1S/C10H9NO3/c1-13-10(12)14-8-4-2-3-7-5-6-11-9(7)8/h2-6,11H,1H3. The average molecular weight is 191 g/mol. The van der Waals surface area contributed by atoms with Crippen LogP contribution in [0.25, 0.3) is 10.9 Å². The van der Waals surface area contributed by atoms with Crippen molar-refractivity contribution in [3.63, 3.8) is 0 Å². The van der Waals surface area contributed by atoms with Crippen molar-refractivity contribution in [2.45, 2.75) is 0 Å². The molecule has 0 saturated carbocycles. The molecule has 4 nitrogen and oxygen atoms in total. The van der Waals surface area contributed by atoms with E-state index in [9.17, 15) is 4.79 Å². The van der Waals surface area contributed by atoms with Crippen molar-refractivity contribution < 1.29 is 14.3 Å². The Bertz CT molecular complexity index is 461. The van der Waals surface area contributed by atoms with Gasteiger partial charge in [0.15, 0.2) is 5.75 Å². The summed E-state index contributed by atoms with van der Waals surface area (Å²) in [6.07, 6.45) is 1.07. The molecule has 2 rings (SSSR count). The summed E-state index contributed by atoms with van der Waals surface area (Å²) in [6.45, 7) is 0. The molecule has 1 aromatic carbocycles. The monoisotopic (exact) mass is 191 g/mol. The number of carbonyl (C=O) groups is 1. The highest BCUT2D eigenvalue weighted by atomic mass is 16.7. The quantitative estimate of drug-likeness (QED) is 0.555. The van der Waals surface area contributed by atoms with E-state index in [1.165, 1.54) is 7.11 Å². The van der Waals surface area contributed by atoms with Crippen LogP contribution in [0.1, 0.15) is 0 Å². The van der Waals surface area contributed by atoms with Crippen molar-refractivity contribution in [3.8, 4) is 5.75 Å². The van der Waals surface area contributed by atoms with Gasteiger partial charge in [-0.3, -0.25) is 0 Å². The molecule has 0 aliphatic carbocycles. The molecule has 1 heterocycles. The molecule has 0 aliphatic heterocycles. The summed E-state index contributed by atoms with van der Waals surface area (Å²) in [5.41, 5.74) is 0.790. The number of nitrogens with one attached hydrogen (secondary N) is 1. The first-order valence-electron chi connectivity index (χ1n) is 4.13. The molecule has 0 saturated heterocycles. The van der Waals surface area contributed by atoms with Gasteiger partial charge in [0, 0.05) is 11.6 Å². The van der Waals surface area contributed by atoms with Crippen molar-refractivity contribution >= 4 is 17.1 Å². The molecule has 0 atom stereocenters. The summed E-state index contributed by atoms with van der Waals surface area (Å²) in [7, 11) is 1.27. The van der Waals surface area contributed by atoms with Gasteiger partial charge in [-0.2, -0.15) is 0 Å². The van der Waals surface area contributed by atoms with Crippen LogP contribution in [0.3, 0.4) is 0 Å². The summed E-state index contributed by atoms with van der Waals surface area (Å²) >= 11 is 0. The zero-order valence-corrected chi connectivity index (χ0v) is 7.61. The molecular formula is C10H9NO3. The van der Waals surface area contributed by atoms with Gasteiger partial charge in [-0.1, -0.05) is 12.1 Å². The molecule has 0 amide bonds. The van der Waals surface area contributed by atoms with Gasteiger partial charge in [0.25, 0.3) is 0 Å². The first-order chi connectivity index (χ1) is 6.81. The van der Waals surface area contributed by atoms with E-state index in [-0.39, 0.29) is 0 Å². The van der Waals surface area contributed by atoms with Gasteiger partial charge in [0.1, 0.15) is 0 Å². The lowest BCUT2D eigenvalue weighted by molar-refractivity contribution is 0.122. The van der Waals surface area contributed by atoms with E-state index < -0.39 is 6.16 Å². The summed E-state index contributed by atoms with van der Waals surface area (Å²) in [5.74, 6) is 0.472. The molecule has 0 fully saturated rings. The van der Waals surface area contributed by atoms with Crippen LogP contribution in [0.2, 0.25) is 0 Å². The number of ether oxygens (including phenoxy) is 2. The van der Waals surface area contributed by atoms with Crippen LogP contribution >= 0.6 is 0 Å². The maximum Gasteiger partial charge on any atom is 0.513 e. The zero-order chi connectivity index (χ0) is 9.97. The zero-order valence-electron chi connectivity index (χ0n) is 7.61. The van der Waals surface area contributed by atoms with Crippen LogP contribution in [-0.2, 0) is 4.74 Å². The number of carbonyl (C=O) groups excluding carboxylic acids is 1. The molecule has 0 spiro atoms. The summed E-state index contributed by atoms with van der Waals surface area (Å²) in [5, 5.41) is 0.992. The van der Waals surface area contributed by atoms with Crippen LogP contribution in [0.5, 0.6) is 5.75 Å². The van der Waals surface area contributed by atoms with E-state index in [4.69, 9.17) is 4.74 Å². The molecule has 0 radical (unpaired) electrons. The van der Waals surface area contributed by atoms with Crippen LogP contribution in [0.15, 0.2) is 30.5 Å². The second-order valence-corrected chi connectivity index (χ2v) is 2.75. The van der Waals surface area contributed by atoms with E-state index in [1.807, 2.05) is 18.2 Å². The number of H-pyrrole nitrogens is 1. The Labute approximate surface area is 80.4 Å². The number of aromatic nitrogens is 1. The second-order valence-electron chi connectivity index (χ2n) is 2.75. The van der Waals surface area contributed by atoms with Crippen molar-refractivity contribution in [1.82, 2.24) is 4.98 Å².